The Morgan fingerprint density at radius 1 is 0.357 bits per heavy atom. The molecule has 0 saturated heterocycles. The molecule has 2 nitrogen and oxygen atoms in total. The van der Waals surface area contributed by atoms with Gasteiger partial charge in [0.2, 0.25) is 0 Å². The molecular formula is C54H48N2. The summed E-state index contributed by atoms with van der Waals surface area (Å²) in [5.74, 6) is 0. The predicted octanol–water partition coefficient (Wildman–Crippen LogP) is 16.1. The Hall–Kier alpha value is -7.16. The molecule has 274 valence electrons. The normalized spacial score (nSPS) is 10.4. The number of allylic oxidation sites excluding steroid dienone is 4. The lowest BCUT2D eigenvalue weighted by Gasteiger charge is -2.29. The number of para-hydroxylation sites is 1. The maximum atomic E-state index is 3.46. The van der Waals surface area contributed by atoms with Crippen molar-refractivity contribution in [2.45, 2.75) is 13.8 Å². The second-order valence-electron chi connectivity index (χ2n) is 13.0. The van der Waals surface area contributed by atoms with E-state index in [0.717, 1.165) is 34.1 Å². The van der Waals surface area contributed by atoms with Crippen molar-refractivity contribution in [3.8, 4) is 22.3 Å². The maximum Gasteiger partial charge on any atom is 0.0540 e. The fourth-order valence-electron chi connectivity index (χ4n) is 6.61. The van der Waals surface area contributed by atoms with E-state index in [0.29, 0.717) is 0 Å². The first-order valence-corrected chi connectivity index (χ1v) is 19.0. The van der Waals surface area contributed by atoms with Crippen molar-refractivity contribution >= 4 is 44.9 Å². The summed E-state index contributed by atoms with van der Waals surface area (Å²) in [7, 11) is 0. The van der Waals surface area contributed by atoms with Crippen LogP contribution in [0.1, 0.15) is 13.8 Å². The second-order valence-corrected chi connectivity index (χ2v) is 13.0. The van der Waals surface area contributed by atoms with E-state index in [4.69, 9.17) is 0 Å². The molecule has 8 aromatic rings. The molecule has 0 atom stereocenters. The molecule has 0 aromatic heterocycles. The highest BCUT2D eigenvalue weighted by atomic mass is 15.2. The zero-order chi connectivity index (χ0) is 39.0. The summed E-state index contributed by atoms with van der Waals surface area (Å²) in [5, 5.41) is 2.43. The molecule has 56 heavy (non-hydrogen) atoms. The Kier molecular flexibility index (Phi) is 13.6. The van der Waals surface area contributed by atoms with Crippen molar-refractivity contribution in [1.29, 1.82) is 0 Å². The summed E-state index contributed by atoms with van der Waals surface area (Å²) in [6, 6.07) is 73.4. The highest BCUT2D eigenvalue weighted by Crippen LogP contribution is 2.41. The molecule has 0 unspecified atom stereocenters. The van der Waals surface area contributed by atoms with Crippen LogP contribution in [0, 0.1) is 0 Å². The standard InChI is InChI=1S/C46H34N2.C5H8.C3H6/c1-4-13-35(14-5-1)37-23-27-41(28-24-37)47(42-29-25-38(26-30-42)36-15-6-2-7-16-36)43-31-33-44(34-32-43)48(40-19-8-3-9-20-40)46-22-12-18-39-17-10-11-21-45(39)46;1-3-5-4-2;1-3-2/h1-34H;3-5H,1H2,2H3;3H,1H2,2H3/b;5-4-;. The fourth-order valence-corrected chi connectivity index (χ4v) is 6.61. The van der Waals surface area contributed by atoms with E-state index >= 15 is 0 Å². The summed E-state index contributed by atoms with van der Waals surface area (Å²) in [6.45, 7) is 10.7. The van der Waals surface area contributed by atoms with Gasteiger partial charge in [0.15, 0.2) is 0 Å². The molecule has 0 aliphatic rings. The van der Waals surface area contributed by atoms with Gasteiger partial charge in [0.1, 0.15) is 0 Å². The number of anilines is 6. The van der Waals surface area contributed by atoms with E-state index in [1.807, 2.05) is 26.0 Å². The average Bonchev–Trinajstić information content (AvgIpc) is 3.27. The quantitative estimate of drug-likeness (QED) is 0.108. The van der Waals surface area contributed by atoms with Gasteiger partial charge in [-0.25, -0.2) is 0 Å². The molecule has 0 radical (unpaired) electrons. The van der Waals surface area contributed by atoms with E-state index in [1.54, 1.807) is 12.2 Å². The van der Waals surface area contributed by atoms with Crippen LogP contribution in [0.2, 0.25) is 0 Å². The van der Waals surface area contributed by atoms with Crippen LogP contribution >= 0.6 is 0 Å². The van der Waals surface area contributed by atoms with Crippen LogP contribution in [0.5, 0.6) is 0 Å². The first-order chi connectivity index (χ1) is 27.6. The van der Waals surface area contributed by atoms with Crippen LogP contribution in [0.4, 0.5) is 34.1 Å². The van der Waals surface area contributed by atoms with Gasteiger partial charge in [-0.05, 0) is 108 Å². The molecule has 8 rings (SSSR count). The zero-order valence-electron chi connectivity index (χ0n) is 32.2. The Labute approximate surface area is 333 Å². The third-order valence-electron chi connectivity index (χ3n) is 9.18. The van der Waals surface area contributed by atoms with Gasteiger partial charge in [-0.3, -0.25) is 0 Å². The predicted molar refractivity (Wildman–Crippen MR) is 245 cm³/mol. The SMILES string of the molecule is C=C/C=C\C.C=CC.c1ccc(-c2ccc(N(c3ccc(-c4ccccc4)cc3)c3ccc(N(c4ccccc4)c4cccc5ccccc45)cc3)cc2)cc1. The van der Waals surface area contributed by atoms with Gasteiger partial charge in [-0.15, -0.1) is 6.58 Å². The number of rotatable bonds is 9. The Bertz CT molecular complexity index is 2340. The van der Waals surface area contributed by atoms with E-state index in [2.05, 4.69) is 229 Å². The highest BCUT2D eigenvalue weighted by Gasteiger charge is 2.18. The molecule has 0 fully saturated rings. The van der Waals surface area contributed by atoms with Gasteiger partial charge >= 0.3 is 0 Å². The number of fused-ring (bicyclic) bond motifs is 1. The van der Waals surface area contributed by atoms with Crippen molar-refractivity contribution < 1.29 is 0 Å². The summed E-state index contributed by atoms with van der Waals surface area (Å²) in [4.78, 5) is 4.68. The molecule has 0 bridgehead atoms. The van der Waals surface area contributed by atoms with Crippen LogP contribution < -0.4 is 9.80 Å². The smallest absolute Gasteiger partial charge is 0.0540 e. The van der Waals surface area contributed by atoms with Gasteiger partial charge in [-0.2, -0.15) is 0 Å². The summed E-state index contributed by atoms with van der Waals surface area (Å²) in [5.41, 5.74) is 11.5. The Morgan fingerprint density at radius 2 is 0.714 bits per heavy atom. The molecule has 0 saturated carbocycles. The molecule has 0 aliphatic heterocycles. The molecule has 0 amide bonds. The minimum absolute atomic E-state index is 1.09. The lowest BCUT2D eigenvalue weighted by atomic mass is 10.0. The molecule has 2 heteroatoms. The minimum Gasteiger partial charge on any atom is -0.311 e. The van der Waals surface area contributed by atoms with Gasteiger partial charge in [0, 0.05) is 33.8 Å². The van der Waals surface area contributed by atoms with Crippen LogP contribution in [-0.4, -0.2) is 0 Å². The summed E-state index contributed by atoms with van der Waals surface area (Å²) in [6.07, 6.45) is 7.33. The summed E-state index contributed by atoms with van der Waals surface area (Å²) < 4.78 is 0. The Balaban J connectivity index is 0.000000609. The van der Waals surface area contributed by atoms with E-state index < -0.39 is 0 Å². The molecule has 0 aliphatic carbocycles. The van der Waals surface area contributed by atoms with Gasteiger partial charge in [-0.1, -0.05) is 170 Å². The first-order valence-electron chi connectivity index (χ1n) is 19.0. The molecule has 0 N–H and O–H groups in total. The second kappa shape index (κ2) is 19.8. The van der Waals surface area contributed by atoms with E-state index in [9.17, 15) is 0 Å². The topological polar surface area (TPSA) is 6.48 Å². The average molecular weight is 725 g/mol. The zero-order valence-corrected chi connectivity index (χ0v) is 32.2. The largest absolute Gasteiger partial charge is 0.311 e. The van der Waals surface area contributed by atoms with Gasteiger partial charge in [0.25, 0.3) is 0 Å². The third kappa shape index (κ3) is 9.49. The van der Waals surface area contributed by atoms with E-state index in [-0.39, 0.29) is 0 Å². The number of nitrogens with zero attached hydrogens (tertiary/aromatic N) is 2. The highest BCUT2D eigenvalue weighted by molar-refractivity contribution is 5.99. The number of hydrogen-bond acceptors (Lipinski definition) is 2. The van der Waals surface area contributed by atoms with Gasteiger partial charge in [0.05, 0.1) is 5.69 Å². The number of hydrogen-bond donors (Lipinski definition) is 0. The van der Waals surface area contributed by atoms with Crippen LogP contribution in [0.15, 0.2) is 244 Å². The molecule has 0 heterocycles. The van der Waals surface area contributed by atoms with Crippen molar-refractivity contribution in [3.63, 3.8) is 0 Å². The van der Waals surface area contributed by atoms with Crippen molar-refractivity contribution in [2.24, 2.45) is 0 Å². The van der Waals surface area contributed by atoms with Crippen molar-refractivity contribution in [1.82, 2.24) is 0 Å². The first kappa shape index (κ1) is 38.6. The molecular weight excluding hydrogens is 677 g/mol. The lowest BCUT2D eigenvalue weighted by Crippen LogP contribution is -2.12. The monoisotopic (exact) mass is 724 g/mol. The van der Waals surface area contributed by atoms with Crippen LogP contribution in [-0.2, 0) is 0 Å². The number of benzene rings is 8. The van der Waals surface area contributed by atoms with Crippen LogP contribution in [0.25, 0.3) is 33.0 Å². The van der Waals surface area contributed by atoms with E-state index in [1.165, 1.54) is 33.0 Å². The van der Waals surface area contributed by atoms with Crippen molar-refractivity contribution in [2.75, 3.05) is 9.80 Å². The summed E-state index contributed by atoms with van der Waals surface area (Å²) >= 11 is 0. The lowest BCUT2D eigenvalue weighted by molar-refractivity contribution is 1.26. The molecule has 8 aromatic carbocycles. The fraction of sp³-hybridized carbons (Fsp3) is 0.0370. The van der Waals surface area contributed by atoms with Crippen LogP contribution in [0.3, 0.4) is 0 Å². The maximum absolute atomic E-state index is 3.46. The van der Waals surface area contributed by atoms with Gasteiger partial charge < -0.3 is 9.80 Å². The Morgan fingerprint density at radius 3 is 1.16 bits per heavy atom. The van der Waals surface area contributed by atoms with Crippen molar-refractivity contribution in [3.05, 3.63) is 244 Å². The minimum atomic E-state index is 1.09. The third-order valence-corrected chi connectivity index (χ3v) is 9.18. The molecule has 0 spiro atoms.